The second-order valence-electron chi connectivity index (χ2n) is 8.75. The van der Waals surface area contributed by atoms with E-state index in [1.807, 2.05) is 24.0 Å². The van der Waals surface area contributed by atoms with Crippen LogP contribution in [0.2, 0.25) is 0 Å². The topological polar surface area (TPSA) is 66.5 Å². The largest absolute Gasteiger partial charge is 0.416 e. The Morgan fingerprint density at radius 2 is 1.82 bits per heavy atom. The molecular weight excluding hydrogens is 447 g/mol. The summed E-state index contributed by atoms with van der Waals surface area (Å²) >= 11 is 0. The van der Waals surface area contributed by atoms with Gasteiger partial charge in [-0.2, -0.15) is 13.2 Å². The summed E-state index contributed by atoms with van der Waals surface area (Å²) in [5.74, 6) is 0.776. The van der Waals surface area contributed by atoms with Gasteiger partial charge in [0.1, 0.15) is 29.1 Å². The lowest BCUT2D eigenvalue weighted by atomic mass is 9.93. The highest BCUT2D eigenvalue weighted by Crippen LogP contribution is 2.32. The minimum atomic E-state index is -4.36. The summed E-state index contributed by atoms with van der Waals surface area (Å²) < 4.78 is 50.7. The molecule has 0 amide bonds. The Morgan fingerprint density at radius 1 is 1.09 bits per heavy atom. The van der Waals surface area contributed by atoms with E-state index in [9.17, 15) is 13.2 Å². The Balaban J connectivity index is 1.44. The molecule has 5 rings (SSSR count). The molecule has 1 fully saturated rings. The predicted molar refractivity (Wildman–Crippen MR) is 124 cm³/mol. The molecule has 1 aromatic carbocycles. The van der Waals surface area contributed by atoms with Gasteiger partial charge in [-0.05, 0) is 37.3 Å². The molecule has 1 aliphatic heterocycles. The van der Waals surface area contributed by atoms with Crippen LogP contribution in [0.4, 0.5) is 24.7 Å². The number of nitrogens with one attached hydrogen (secondary N) is 1. The van der Waals surface area contributed by atoms with Gasteiger partial charge in [-0.1, -0.05) is 6.07 Å². The van der Waals surface area contributed by atoms with Crippen LogP contribution in [-0.4, -0.2) is 67.1 Å². The lowest BCUT2D eigenvalue weighted by molar-refractivity contribution is -0.137. The molecule has 0 radical (unpaired) electrons. The van der Waals surface area contributed by atoms with Crippen molar-refractivity contribution in [3.8, 4) is 0 Å². The molecule has 34 heavy (non-hydrogen) atoms. The number of hydrogen-bond donors (Lipinski definition) is 1. The smallest absolute Gasteiger partial charge is 0.374 e. The van der Waals surface area contributed by atoms with Crippen LogP contribution in [0.5, 0.6) is 0 Å². The molecule has 0 spiro atoms. The van der Waals surface area contributed by atoms with Crippen LogP contribution < -0.4 is 20.4 Å². The Labute approximate surface area is 194 Å². The van der Waals surface area contributed by atoms with E-state index >= 15 is 0 Å². The maximum atomic E-state index is 13.1. The Kier molecular flexibility index (Phi) is 5.52. The van der Waals surface area contributed by atoms with E-state index in [2.05, 4.69) is 19.9 Å². The van der Waals surface area contributed by atoms with Crippen molar-refractivity contribution in [2.75, 3.05) is 50.2 Å². The fourth-order valence-corrected chi connectivity index (χ4v) is 4.77. The normalized spacial score (nSPS) is 22.9. The van der Waals surface area contributed by atoms with Gasteiger partial charge in [0, 0.05) is 56.7 Å². The molecule has 2 aromatic heterocycles. The van der Waals surface area contributed by atoms with Gasteiger partial charge in [-0.25, -0.2) is 9.97 Å². The third-order valence-corrected chi connectivity index (χ3v) is 6.76. The fourth-order valence-electron chi connectivity index (χ4n) is 4.77. The molecule has 3 heterocycles. The number of nitrogens with zero attached hydrogens (tertiary/aromatic N) is 4. The number of H-pyrrole nitrogens is 1. The van der Waals surface area contributed by atoms with Gasteiger partial charge in [0.25, 0.3) is 0 Å². The number of aromatic amines is 1. The van der Waals surface area contributed by atoms with Crippen LogP contribution in [-0.2, 0) is 15.7 Å². The predicted octanol–water partition coefficient (Wildman–Crippen LogP) is 2.30. The fraction of sp³-hybridized carbons (Fsp3) is 0.417. The van der Waals surface area contributed by atoms with Gasteiger partial charge < -0.3 is 24.3 Å². The van der Waals surface area contributed by atoms with Crippen LogP contribution in [0.3, 0.4) is 0 Å². The summed E-state index contributed by atoms with van der Waals surface area (Å²) in [6.07, 6.45) is 0.947. The number of piperazine rings is 1. The zero-order chi connectivity index (χ0) is 24.1. The van der Waals surface area contributed by atoms with E-state index in [4.69, 9.17) is 9.47 Å². The number of methoxy groups -OCH3 is 2. The number of aromatic nitrogens is 3. The van der Waals surface area contributed by atoms with Crippen molar-refractivity contribution >= 4 is 34.7 Å². The highest BCUT2D eigenvalue weighted by Gasteiger charge is 2.34. The molecule has 0 bridgehead atoms. The van der Waals surface area contributed by atoms with E-state index in [0.717, 1.165) is 33.5 Å². The third kappa shape index (κ3) is 3.80. The summed E-state index contributed by atoms with van der Waals surface area (Å²) in [7, 11) is 3.30. The van der Waals surface area contributed by atoms with Crippen LogP contribution >= 0.6 is 0 Å². The first-order chi connectivity index (χ1) is 16.2. The van der Waals surface area contributed by atoms with Crippen molar-refractivity contribution < 1.29 is 22.6 Å². The average molecular weight is 473 g/mol. The van der Waals surface area contributed by atoms with Crippen molar-refractivity contribution in [1.82, 2.24) is 15.0 Å². The first-order valence-corrected chi connectivity index (χ1v) is 11.1. The Bertz CT molecular complexity index is 1330. The summed E-state index contributed by atoms with van der Waals surface area (Å²) in [6.45, 7) is 4.37. The van der Waals surface area contributed by atoms with Crippen LogP contribution in [0.1, 0.15) is 12.5 Å². The summed E-state index contributed by atoms with van der Waals surface area (Å²) in [5, 5.41) is 1.85. The van der Waals surface area contributed by atoms with Gasteiger partial charge in [0.05, 0.1) is 5.56 Å². The van der Waals surface area contributed by atoms with Crippen molar-refractivity contribution in [2.24, 2.45) is 0 Å². The number of benzene rings is 1. The number of halogens is 3. The van der Waals surface area contributed by atoms with E-state index in [1.54, 1.807) is 26.6 Å². The minimum absolute atomic E-state index is 0.265. The molecule has 7 nitrogen and oxygen atoms in total. The molecule has 1 saturated heterocycles. The van der Waals surface area contributed by atoms with Crippen LogP contribution in [0.25, 0.3) is 23.2 Å². The molecule has 3 aromatic rings. The SMILES string of the molecule is COC1C=c2c([nH]c3c(N4CCN(c5cccc(C(F)(F)F)c5)CC4)ncnc23)=CC1(C)OC. The lowest BCUT2D eigenvalue weighted by Gasteiger charge is -2.37. The van der Waals surface area contributed by atoms with Crippen LogP contribution in [0.15, 0.2) is 30.6 Å². The molecular formula is C24H26F3N5O2. The highest BCUT2D eigenvalue weighted by molar-refractivity contribution is 5.88. The maximum Gasteiger partial charge on any atom is 0.416 e. The standard InChI is InChI=1S/C24H26F3N5O2/c1-23(34-3)13-18-17(12-19(23)33-2)20-21(30-18)22(29-14-28-20)32-9-7-31(8-10-32)16-6-4-5-15(11-16)24(25,26)27/h4-6,11-14,19,30H,7-10H2,1-3H3. The summed E-state index contributed by atoms with van der Waals surface area (Å²) in [5.41, 5.74) is 0.949. The molecule has 2 aliphatic rings. The maximum absolute atomic E-state index is 13.1. The molecule has 10 heteroatoms. The third-order valence-electron chi connectivity index (χ3n) is 6.76. The number of rotatable bonds is 4. The quantitative estimate of drug-likeness (QED) is 0.628. The molecule has 0 saturated carbocycles. The van der Waals surface area contributed by atoms with Gasteiger partial charge in [0.15, 0.2) is 5.82 Å². The van der Waals surface area contributed by atoms with E-state index in [0.29, 0.717) is 31.9 Å². The Hall–Kier alpha value is -3.11. The van der Waals surface area contributed by atoms with Crippen molar-refractivity contribution in [2.45, 2.75) is 24.8 Å². The number of ether oxygens (including phenoxy) is 2. The second-order valence-corrected chi connectivity index (χ2v) is 8.75. The zero-order valence-corrected chi connectivity index (χ0v) is 19.2. The first kappa shape index (κ1) is 22.7. The van der Waals surface area contributed by atoms with Gasteiger partial charge in [0.2, 0.25) is 0 Å². The van der Waals surface area contributed by atoms with E-state index in [-0.39, 0.29) is 6.10 Å². The average Bonchev–Trinajstić information content (AvgIpc) is 3.20. The number of fused-ring (bicyclic) bond motifs is 3. The van der Waals surface area contributed by atoms with Gasteiger partial charge in [-0.3, -0.25) is 0 Å². The second kappa shape index (κ2) is 8.28. The number of hydrogen-bond acceptors (Lipinski definition) is 6. The van der Waals surface area contributed by atoms with E-state index in [1.165, 1.54) is 12.1 Å². The van der Waals surface area contributed by atoms with Crippen molar-refractivity contribution in [3.05, 3.63) is 46.7 Å². The molecule has 2 atom stereocenters. The summed E-state index contributed by atoms with van der Waals surface area (Å²) in [4.78, 5) is 16.6. The number of alkyl halides is 3. The monoisotopic (exact) mass is 473 g/mol. The highest BCUT2D eigenvalue weighted by atomic mass is 19.4. The van der Waals surface area contributed by atoms with Crippen molar-refractivity contribution in [3.63, 3.8) is 0 Å². The molecule has 180 valence electrons. The molecule has 1 N–H and O–H groups in total. The number of anilines is 2. The van der Waals surface area contributed by atoms with E-state index < -0.39 is 17.3 Å². The van der Waals surface area contributed by atoms with Crippen molar-refractivity contribution in [1.29, 1.82) is 0 Å². The van der Waals surface area contributed by atoms with Gasteiger partial charge in [-0.15, -0.1) is 0 Å². The Morgan fingerprint density at radius 3 is 2.50 bits per heavy atom. The van der Waals surface area contributed by atoms with Crippen LogP contribution in [0, 0.1) is 0 Å². The zero-order valence-electron chi connectivity index (χ0n) is 19.2. The van der Waals surface area contributed by atoms with Gasteiger partial charge >= 0.3 is 6.18 Å². The minimum Gasteiger partial charge on any atom is -0.374 e. The first-order valence-electron chi connectivity index (χ1n) is 11.1. The molecule has 1 aliphatic carbocycles. The molecule has 2 unspecified atom stereocenters. The summed E-state index contributed by atoms with van der Waals surface area (Å²) in [6, 6.07) is 5.48. The lowest BCUT2D eigenvalue weighted by Crippen LogP contribution is -2.47.